The predicted molar refractivity (Wildman–Crippen MR) is 101 cm³/mol. The first kappa shape index (κ1) is 19.1. The Balaban J connectivity index is 1.85. The minimum atomic E-state index is -0.0690. The van der Waals surface area contributed by atoms with Crippen LogP contribution in [0.4, 0.5) is 0 Å². The van der Waals surface area contributed by atoms with Crippen LogP contribution < -0.4 is 14.2 Å². The van der Waals surface area contributed by atoms with Gasteiger partial charge in [0.15, 0.2) is 18.1 Å². The molecular weight excluding hydrogens is 386 g/mol. The van der Waals surface area contributed by atoms with Gasteiger partial charge in [-0.1, -0.05) is 28.1 Å². The van der Waals surface area contributed by atoms with E-state index < -0.39 is 0 Å². The molecule has 0 aliphatic carbocycles. The maximum absolute atomic E-state index is 12.2. The molecule has 0 radical (unpaired) electrons. The third-order valence-electron chi connectivity index (χ3n) is 3.77. The lowest BCUT2D eigenvalue weighted by molar-refractivity contribution is -0.132. The van der Waals surface area contributed by atoms with E-state index in [4.69, 9.17) is 14.2 Å². The molecule has 1 amide bonds. The molecule has 134 valence electrons. The molecule has 0 saturated carbocycles. The van der Waals surface area contributed by atoms with Crippen molar-refractivity contribution in [3.05, 3.63) is 52.5 Å². The van der Waals surface area contributed by atoms with Gasteiger partial charge in [-0.3, -0.25) is 4.79 Å². The maximum Gasteiger partial charge on any atom is 0.260 e. The molecule has 25 heavy (non-hydrogen) atoms. The van der Waals surface area contributed by atoms with Crippen LogP contribution in [-0.4, -0.2) is 45.2 Å². The Morgan fingerprint density at radius 3 is 2.52 bits per heavy atom. The number of nitrogens with zero attached hydrogens (tertiary/aromatic N) is 1. The lowest BCUT2D eigenvalue weighted by atomic mass is 10.1. The van der Waals surface area contributed by atoms with Crippen molar-refractivity contribution in [2.75, 3.05) is 34.4 Å². The molecule has 0 aliphatic heterocycles. The smallest absolute Gasteiger partial charge is 0.260 e. The third kappa shape index (κ3) is 5.67. The summed E-state index contributed by atoms with van der Waals surface area (Å²) < 4.78 is 17.0. The molecule has 6 heteroatoms. The van der Waals surface area contributed by atoms with Crippen LogP contribution in [0.2, 0.25) is 0 Å². The molecule has 0 heterocycles. The van der Waals surface area contributed by atoms with E-state index in [9.17, 15) is 4.79 Å². The normalized spacial score (nSPS) is 10.2. The Hall–Kier alpha value is -2.21. The standard InChI is InChI=1S/C19H22BrNO4/c1-21(19(22)13-25-16-6-4-5-15(20)12-16)10-9-14-7-8-17(23-2)18(11-14)24-3/h4-8,11-12H,9-10,13H2,1-3H3. The molecule has 0 atom stereocenters. The number of likely N-dealkylation sites (N-methyl/N-ethyl adjacent to an activating group) is 1. The number of hydrogen-bond donors (Lipinski definition) is 0. The number of carbonyl (C=O) groups is 1. The quantitative estimate of drug-likeness (QED) is 0.671. The highest BCUT2D eigenvalue weighted by Gasteiger charge is 2.11. The number of rotatable bonds is 8. The van der Waals surface area contributed by atoms with Crippen molar-refractivity contribution in [1.82, 2.24) is 4.90 Å². The zero-order valence-electron chi connectivity index (χ0n) is 14.6. The molecule has 0 fully saturated rings. The van der Waals surface area contributed by atoms with Crippen LogP contribution in [0, 0.1) is 0 Å². The zero-order valence-corrected chi connectivity index (χ0v) is 16.2. The third-order valence-corrected chi connectivity index (χ3v) is 4.26. The van der Waals surface area contributed by atoms with E-state index in [1.807, 2.05) is 42.5 Å². The van der Waals surface area contributed by atoms with E-state index >= 15 is 0 Å². The van der Waals surface area contributed by atoms with E-state index in [0.717, 1.165) is 16.5 Å². The van der Waals surface area contributed by atoms with Gasteiger partial charge < -0.3 is 19.1 Å². The highest BCUT2D eigenvalue weighted by atomic mass is 79.9. The Labute approximate surface area is 156 Å². The van der Waals surface area contributed by atoms with Gasteiger partial charge in [0.1, 0.15) is 5.75 Å². The van der Waals surface area contributed by atoms with Crippen LogP contribution in [0.25, 0.3) is 0 Å². The largest absolute Gasteiger partial charge is 0.493 e. The molecule has 0 aromatic heterocycles. The minimum absolute atomic E-state index is 0.0128. The molecule has 0 unspecified atom stereocenters. The number of hydrogen-bond acceptors (Lipinski definition) is 4. The van der Waals surface area contributed by atoms with E-state index in [-0.39, 0.29) is 12.5 Å². The molecular formula is C19H22BrNO4. The average Bonchev–Trinajstić information content (AvgIpc) is 2.63. The van der Waals surface area contributed by atoms with Crippen LogP contribution in [-0.2, 0) is 11.2 Å². The number of amides is 1. The molecule has 2 aromatic carbocycles. The zero-order chi connectivity index (χ0) is 18.2. The lowest BCUT2D eigenvalue weighted by Gasteiger charge is -2.18. The summed E-state index contributed by atoms with van der Waals surface area (Å²) in [6.45, 7) is 0.606. The lowest BCUT2D eigenvalue weighted by Crippen LogP contribution is -2.33. The fourth-order valence-corrected chi connectivity index (χ4v) is 2.65. The molecule has 5 nitrogen and oxygen atoms in total. The molecule has 0 spiro atoms. The minimum Gasteiger partial charge on any atom is -0.493 e. The summed E-state index contributed by atoms with van der Waals surface area (Å²) in [6, 6.07) is 13.2. The molecule has 0 N–H and O–H groups in total. The van der Waals surface area contributed by atoms with Gasteiger partial charge in [-0.15, -0.1) is 0 Å². The Morgan fingerprint density at radius 2 is 1.84 bits per heavy atom. The van der Waals surface area contributed by atoms with Crippen LogP contribution >= 0.6 is 15.9 Å². The van der Waals surface area contributed by atoms with Crippen LogP contribution in [0.3, 0.4) is 0 Å². The number of halogens is 1. The molecule has 2 rings (SSSR count). The molecule has 0 bridgehead atoms. The van der Waals surface area contributed by atoms with Gasteiger partial charge in [0.05, 0.1) is 14.2 Å². The second-order valence-electron chi connectivity index (χ2n) is 5.50. The monoisotopic (exact) mass is 407 g/mol. The first-order chi connectivity index (χ1) is 12.0. The summed E-state index contributed by atoms with van der Waals surface area (Å²) in [7, 11) is 4.99. The Kier molecular flexibility index (Phi) is 7.13. The van der Waals surface area contributed by atoms with Crippen molar-refractivity contribution < 1.29 is 19.0 Å². The fraction of sp³-hybridized carbons (Fsp3) is 0.316. The van der Waals surface area contributed by atoms with E-state index in [2.05, 4.69) is 15.9 Å². The number of benzene rings is 2. The fourth-order valence-electron chi connectivity index (χ4n) is 2.27. The van der Waals surface area contributed by atoms with Crippen molar-refractivity contribution in [2.45, 2.75) is 6.42 Å². The van der Waals surface area contributed by atoms with Crippen molar-refractivity contribution in [3.63, 3.8) is 0 Å². The topological polar surface area (TPSA) is 48.0 Å². The van der Waals surface area contributed by atoms with Gasteiger partial charge in [0.2, 0.25) is 0 Å². The molecule has 2 aromatic rings. The van der Waals surface area contributed by atoms with Crippen LogP contribution in [0.15, 0.2) is 46.9 Å². The van der Waals surface area contributed by atoms with E-state index in [1.165, 1.54) is 0 Å². The van der Waals surface area contributed by atoms with Gasteiger partial charge in [0, 0.05) is 18.1 Å². The summed E-state index contributed by atoms with van der Waals surface area (Å²) in [6.07, 6.45) is 0.722. The SMILES string of the molecule is COc1ccc(CCN(C)C(=O)COc2cccc(Br)c2)cc1OC. The highest BCUT2D eigenvalue weighted by molar-refractivity contribution is 9.10. The van der Waals surface area contributed by atoms with Gasteiger partial charge in [-0.05, 0) is 42.3 Å². The number of methoxy groups -OCH3 is 2. The summed E-state index contributed by atoms with van der Waals surface area (Å²) in [4.78, 5) is 13.9. The van der Waals surface area contributed by atoms with Crippen LogP contribution in [0.5, 0.6) is 17.2 Å². The van der Waals surface area contributed by atoms with Gasteiger partial charge in [-0.25, -0.2) is 0 Å². The maximum atomic E-state index is 12.2. The highest BCUT2D eigenvalue weighted by Crippen LogP contribution is 2.27. The van der Waals surface area contributed by atoms with Gasteiger partial charge >= 0.3 is 0 Å². The Bertz CT molecular complexity index is 720. The van der Waals surface area contributed by atoms with Crippen molar-refractivity contribution in [1.29, 1.82) is 0 Å². The van der Waals surface area contributed by atoms with Crippen molar-refractivity contribution in [2.24, 2.45) is 0 Å². The van der Waals surface area contributed by atoms with Gasteiger partial charge in [-0.2, -0.15) is 0 Å². The summed E-state index contributed by atoms with van der Waals surface area (Å²) in [5, 5.41) is 0. The van der Waals surface area contributed by atoms with E-state index in [1.54, 1.807) is 26.2 Å². The van der Waals surface area contributed by atoms with Crippen molar-refractivity contribution in [3.8, 4) is 17.2 Å². The summed E-state index contributed by atoms with van der Waals surface area (Å²) in [5.74, 6) is 1.97. The van der Waals surface area contributed by atoms with Gasteiger partial charge in [0.25, 0.3) is 5.91 Å². The van der Waals surface area contributed by atoms with E-state index in [0.29, 0.717) is 23.8 Å². The number of carbonyl (C=O) groups excluding carboxylic acids is 1. The first-order valence-corrected chi connectivity index (χ1v) is 8.66. The first-order valence-electron chi connectivity index (χ1n) is 7.86. The van der Waals surface area contributed by atoms with Crippen LogP contribution in [0.1, 0.15) is 5.56 Å². The molecule has 0 aliphatic rings. The Morgan fingerprint density at radius 1 is 1.08 bits per heavy atom. The summed E-state index contributed by atoms with van der Waals surface area (Å²) >= 11 is 3.38. The molecule has 0 saturated heterocycles. The number of ether oxygens (including phenoxy) is 3. The second kappa shape index (κ2) is 9.32. The average molecular weight is 408 g/mol. The van der Waals surface area contributed by atoms with Crippen molar-refractivity contribution >= 4 is 21.8 Å². The predicted octanol–water partition coefficient (Wildman–Crippen LogP) is 3.55. The summed E-state index contributed by atoms with van der Waals surface area (Å²) in [5.41, 5.74) is 1.07. The second-order valence-corrected chi connectivity index (χ2v) is 6.42.